The Morgan fingerprint density at radius 2 is 1.90 bits per heavy atom. The van der Waals surface area contributed by atoms with Crippen molar-refractivity contribution in [2.45, 2.75) is 52.0 Å². The molecule has 1 aliphatic heterocycles. The third kappa shape index (κ3) is 2.25. The summed E-state index contributed by atoms with van der Waals surface area (Å²) < 4.78 is 0. The SMILES string of the molecule is Cc1ccc(C)c(C2=C(O)[C@]3(CC[C@H](C)CC3)NC2=O)c1. The minimum atomic E-state index is -0.519. The van der Waals surface area contributed by atoms with Gasteiger partial charge in [-0.15, -0.1) is 0 Å². The predicted molar refractivity (Wildman–Crippen MR) is 84.0 cm³/mol. The van der Waals surface area contributed by atoms with Gasteiger partial charge in [-0.05, 0) is 56.6 Å². The van der Waals surface area contributed by atoms with Crippen molar-refractivity contribution in [2.24, 2.45) is 5.92 Å². The van der Waals surface area contributed by atoms with Crippen LogP contribution >= 0.6 is 0 Å². The lowest BCUT2D eigenvalue weighted by molar-refractivity contribution is -0.116. The fourth-order valence-electron chi connectivity index (χ4n) is 3.56. The molecule has 1 aromatic carbocycles. The summed E-state index contributed by atoms with van der Waals surface area (Å²) in [6.07, 6.45) is 3.76. The third-order valence-electron chi connectivity index (χ3n) is 5.06. The molecular weight excluding hydrogens is 262 g/mol. The molecule has 2 N–H and O–H groups in total. The minimum Gasteiger partial charge on any atom is -0.509 e. The highest BCUT2D eigenvalue weighted by atomic mass is 16.3. The van der Waals surface area contributed by atoms with Crippen LogP contribution in [-0.4, -0.2) is 16.6 Å². The Morgan fingerprint density at radius 3 is 2.57 bits per heavy atom. The Kier molecular flexibility index (Phi) is 3.31. The van der Waals surface area contributed by atoms with Gasteiger partial charge in [0.1, 0.15) is 5.76 Å². The summed E-state index contributed by atoms with van der Waals surface area (Å²) in [5.74, 6) is 0.800. The number of benzene rings is 1. The number of rotatable bonds is 1. The average Bonchev–Trinajstić information content (AvgIpc) is 2.68. The summed E-state index contributed by atoms with van der Waals surface area (Å²) >= 11 is 0. The lowest BCUT2D eigenvalue weighted by atomic mass is 9.76. The van der Waals surface area contributed by atoms with E-state index in [9.17, 15) is 9.90 Å². The molecule has 3 rings (SSSR count). The zero-order valence-corrected chi connectivity index (χ0v) is 13.0. The Balaban J connectivity index is 2.06. The summed E-state index contributed by atoms with van der Waals surface area (Å²) in [7, 11) is 0. The Bertz CT molecular complexity index is 622. The number of nitrogens with one attached hydrogen (secondary N) is 1. The highest BCUT2D eigenvalue weighted by Gasteiger charge is 2.47. The smallest absolute Gasteiger partial charge is 0.256 e. The van der Waals surface area contributed by atoms with Crippen molar-refractivity contribution in [2.75, 3.05) is 0 Å². The van der Waals surface area contributed by atoms with Crippen molar-refractivity contribution in [1.29, 1.82) is 0 Å². The molecule has 0 bridgehead atoms. The number of hydrogen-bond acceptors (Lipinski definition) is 2. The highest BCUT2D eigenvalue weighted by Crippen LogP contribution is 2.43. The fourth-order valence-corrected chi connectivity index (χ4v) is 3.56. The van der Waals surface area contributed by atoms with Gasteiger partial charge in [0.2, 0.25) is 0 Å². The summed E-state index contributed by atoms with van der Waals surface area (Å²) in [4.78, 5) is 12.5. The number of aliphatic hydroxyl groups excluding tert-OH is 1. The van der Waals surface area contributed by atoms with Gasteiger partial charge in [-0.3, -0.25) is 4.79 Å². The first-order valence-electron chi connectivity index (χ1n) is 7.77. The molecule has 0 saturated heterocycles. The van der Waals surface area contributed by atoms with Crippen LogP contribution in [0.25, 0.3) is 5.57 Å². The molecular formula is C18H23NO2. The minimum absolute atomic E-state index is 0.129. The standard InChI is InChI=1S/C18H23NO2/c1-11-6-8-18(9-7-11)16(20)15(17(21)19-18)14-10-12(2)4-5-13(14)3/h4-5,10-11,20H,6-9H2,1-3H3,(H,19,21)/t11-,18+. The lowest BCUT2D eigenvalue weighted by Crippen LogP contribution is -2.47. The molecule has 21 heavy (non-hydrogen) atoms. The molecule has 0 atom stereocenters. The van der Waals surface area contributed by atoms with Crippen LogP contribution in [0.2, 0.25) is 0 Å². The third-order valence-corrected chi connectivity index (χ3v) is 5.06. The van der Waals surface area contributed by atoms with E-state index in [1.54, 1.807) is 0 Å². The maximum atomic E-state index is 12.5. The second kappa shape index (κ2) is 4.90. The van der Waals surface area contributed by atoms with Crippen molar-refractivity contribution in [1.82, 2.24) is 5.32 Å². The maximum absolute atomic E-state index is 12.5. The molecule has 1 spiro atoms. The maximum Gasteiger partial charge on any atom is 0.256 e. The van der Waals surface area contributed by atoms with Crippen LogP contribution < -0.4 is 5.32 Å². The summed E-state index contributed by atoms with van der Waals surface area (Å²) in [5, 5.41) is 13.9. The molecule has 3 heteroatoms. The lowest BCUT2D eigenvalue weighted by Gasteiger charge is -2.36. The van der Waals surface area contributed by atoms with E-state index in [0.29, 0.717) is 11.5 Å². The predicted octanol–water partition coefficient (Wildman–Crippen LogP) is 3.65. The van der Waals surface area contributed by atoms with Gasteiger partial charge >= 0.3 is 0 Å². The van der Waals surface area contributed by atoms with Crippen LogP contribution in [0.1, 0.15) is 49.3 Å². The molecule has 0 unspecified atom stereocenters. The summed E-state index contributed by atoms with van der Waals surface area (Å²) in [6.45, 7) is 6.22. The van der Waals surface area contributed by atoms with Gasteiger partial charge in [-0.25, -0.2) is 0 Å². The van der Waals surface area contributed by atoms with E-state index in [1.807, 2.05) is 32.0 Å². The Hall–Kier alpha value is -1.77. The van der Waals surface area contributed by atoms with Gasteiger partial charge in [-0.1, -0.05) is 30.7 Å². The molecule has 1 fully saturated rings. The van der Waals surface area contributed by atoms with Crippen LogP contribution in [0.4, 0.5) is 0 Å². The van der Waals surface area contributed by atoms with E-state index in [2.05, 4.69) is 12.2 Å². The number of carbonyl (C=O) groups is 1. The van der Waals surface area contributed by atoms with E-state index in [-0.39, 0.29) is 11.7 Å². The van der Waals surface area contributed by atoms with E-state index >= 15 is 0 Å². The van der Waals surface area contributed by atoms with Gasteiger partial charge in [0.25, 0.3) is 5.91 Å². The van der Waals surface area contributed by atoms with Crippen LogP contribution in [0, 0.1) is 19.8 Å². The average molecular weight is 285 g/mol. The van der Waals surface area contributed by atoms with Crippen molar-refractivity contribution < 1.29 is 9.90 Å². The first kappa shape index (κ1) is 14.2. The molecule has 2 aliphatic rings. The normalized spacial score (nSPS) is 29.1. The highest BCUT2D eigenvalue weighted by molar-refractivity contribution is 6.23. The largest absolute Gasteiger partial charge is 0.509 e. The van der Waals surface area contributed by atoms with Crippen LogP contribution in [-0.2, 0) is 4.79 Å². The van der Waals surface area contributed by atoms with E-state index in [1.165, 1.54) is 0 Å². The fraction of sp³-hybridized carbons (Fsp3) is 0.500. The second-order valence-corrected chi connectivity index (χ2v) is 6.76. The van der Waals surface area contributed by atoms with E-state index in [4.69, 9.17) is 0 Å². The molecule has 1 aromatic rings. The molecule has 3 nitrogen and oxygen atoms in total. The topological polar surface area (TPSA) is 49.3 Å². The van der Waals surface area contributed by atoms with Gasteiger partial charge in [-0.2, -0.15) is 0 Å². The molecule has 112 valence electrons. The number of carbonyl (C=O) groups excluding carboxylic acids is 1. The van der Waals surface area contributed by atoms with Crippen LogP contribution in [0.5, 0.6) is 0 Å². The first-order valence-corrected chi connectivity index (χ1v) is 7.77. The van der Waals surface area contributed by atoms with Gasteiger partial charge in [0.05, 0.1) is 11.1 Å². The summed E-state index contributed by atoms with van der Waals surface area (Å²) in [5.41, 5.74) is 2.95. The van der Waals surface area contributed by atoms with Crippen LogP contribution in [0.3, 0.4) is 0 Å². The quantitative estimate of drug-likeness (QED) is 0.827. The molecule has 1 saturated carbocycles. The monoisotopic (exact) mass is 285 g/mol. The zero-order chi connectivity index (χ0) is 15.2. The Morgan fingerprint density at radius 1 is 1.24 bits per heavy atom. The summed E-state index contributed by atoms with van der Waals surface area (Å²) in [6, 6.07) is 6.03. The van der Waals surface area contributed by atoms with E-state index < -0.39 is 5.54 Å². The first-order chi connectivity index (χ1) is 9.93. The van der Waals surface area contributed by atoms with Crippen LogP contribution in [0.15, 0.2) is 24.0 Å². The number of amides is 1. The number of aliphatic hydroxyl groups is 1. The van der Waals surface area contributed by atoms with E-state index in [0.717, 1.165) is 42.4 Å². The van der Waals surface area contributed by atoms with Crippen molar-refractivity contribution in [3.8, 4) is 0 Å². The van der Waals surface area contributed by atoms with Crippen molar-refractivity contribution >= 4 is 11.5 Å². The molecule has 1 amide bonds. The molecule has 0 radical (unpaired) electrons. The molecule has 1 heterocycles. The number of aryl methyl sites for hydroxylation is 2. The Labute approximate surface area is 126 Å². The van der Waals surface area contributed by atoms with Gasteiger partial charge < -0.3 is 10.4 Å². The van der Waals surface area contributed by atoms with Gasteiger partial charge in [0, 0.05) is 0 Å². The number of hydrogen-bond donors (Lipinski definition) is 2. The van der Waals surface area contributed by atoms with Crippen molar-refractivity contribution in [3.63, 3.8) is 0 Å². The zero-order valence-electron chi connectivity index (χ0n) is 13.0. The van der Waals surface area contributed by atoms with Gasteiger partial charge in [0.15, 0.2) is 0 Å². The van der Waals surface area contributed by atoms with Crippen molar-refractivity contribution in [3.05, 3.63) is 40.6 Å². The molecule has 0 aromatic heterocycles. The molecule has 1 aliphatic carbocycles. The second-order valence-electron chi connectivity index (χ2n) is 6.76.